The van der Waals surface area contributed by atoms with Gasteiger partial charge >= 0.3 is 0 Å². The number of rotatable bonds is 8. The number of pyridine rings is 1. The first-order valence-electron chi connectivity index (χ1n) is 5.79. The van der Waals surface area contributed by atoms with Gasteiger partial charge in [-0.15, -0.1) is 20.4 Å². The zero-order valence-electron chi connectivity index (χ0n) is 10.4. The number of hydrogen-bond acceptors (Lipinski definition) is 9. The molecule has 7 nitrogen and oxygen atoms in total. The molecule has 1 unspecified atom stereocenters. The highest BCUT2D eigenvalue weighted by Gasteiger charge is 2.13. The second-order valence-electron chi connectivity index (χ2n) is 3.55. The zero-order chi connectivity index (χ0) is 14.0. The van der Waals surface area contributed by atoms with Crippen LogP contribution in [0.4, 0.5) is 0 Å². The Labute approximate surface area is 123 Å². The summed E-state index contributed by atoms with van der Waals surface area (Å²) in [5.41, 5.74) is 0. The summed E-state index contributed by atoms with van der Waals surface area (Å²) in [6.07, 6.45) is 3.73. The summed E-state index contributed by atoms with van der Waals surface area (Å²) in [5.74, 6) is 1.10. The van der Waals surface area contributed by atoms with E-state index in [1.807, 2.05) is 18.2 Å². The maximum absolute atomic E-state index is 11.0. The smallest absolute Gasteiger partial charge is 0.197 e. The van der Waals surface area contributed by atoms with E-state index in [-0.39, 0.29) is 5.82 Å². The summed E-state index contributed by atoms with van der Waals surface area (Å²) in [4.78, 5) is 15.2. The number of carbonyl (C=O) groups excluding carboxylic acids is 1. The van der Waals surface area contributed by atoms with Gasteiger partial charge in [0.25, 0.3) is 0 Å². The Kier molecular flexibility index (Phi) is 6.35. The molecule has 0 aromatic carbocycles. The zero-order valence-corrected chi connectivity index (χ0v) is 12.0. The predicted octanol–water partition coefficient (Wildman–Crippen LogP) is 0.932. The normalized spacial score (nSPS) is 12.0. The molecule has 0 spiro atoms. The first-order chi connectivity index (χ1) is 9.90. The number of carbonyl (C=O) groups is 1. The van der Waals surface area contributed by atoms with Crippen molar-refractivity contribution < 1.29 is 4.79 Å². The van der Waals surface area contributed by atoms with E-state index in [9.17, 15) is 4.79 Å². The van der Waals surface area contributed by atoms with Gasteiger partial charge in [-0.25, -0.2) is 4.98 Å². The largest absolute Gasteiger partial charge is 0.301 e. The average molecular weight is 308 g/mol. The van der Waals surface area contributed by atoms with Crippen LogP contribution in [0.1, 0.15) is 11.9 Å². The number of aromatic nitrogens is 5. The van der Waals surface area contributed by atoms with Gasteiger partial charge in [0.15, 0.2) is 12.2 Å². The highest BCUT2D eigenvalue weighted by molar-refractivity contribution is 8.76. The molecule has 0 aliphatic rings. The summed E-state index contributed by atoms with van der Waals surface area (Å²) >= 11 is 0. The van der Waals surface area contributed by atoms with Crippen LogP contribution in [0.5, 0.6) is 0 Å². The van der Waals surface area contributed by atoms with Crippen molar-refractivity contribution >= 4 is 27.9 Å². The summed E-state index contributed by atoms with van der Waals surface area (Å²) in [7, 11) is 3.25. The average Bonchev–Trinajstić information content (AvgIpc) is 2.53. The highest BCUT2D eigenvalue weighted by Crippen LogP contribution is 2.28. The minimum Gasteiger partial charge on any atom is -0.301 e. The SMILES string of the molecule is O=CC(NCCSSc1ccccn1)c1nncnn1. The molecule has 20 heavy (non-hydrogen) atoms. The van der Waals surface area contributed by atoms with Crippen LogP contribution in [0, 0.1) is 0 Å². The van der Waals surface area contributed by atoms with Crippen molar-refractivity contribution in [1.82, 2.24) is 30.7 Å². The Morgan fingerprint density at radius 2 is 2.15 bits per heavy atom. The van der Waals surface area contributed by atoms with Crippen molar-refractivity contribution in [2.75, 3.05) is 12.3 Å². The fourth-order valence-corrected chi connectivity index (χ4v) is 3.09. The molecule has 0 fully saturated rings. The van der Waals surface area contributed by atoms with Crippen LogP contribution in [0.2, 0.25) is 0 Å². The van der Waals surface area contributed by atoms with Crippen molar-refractivity contribution in [2.45, 2.75) is 11.1 Å². The standard InChI is InChI=1S/C11H12N6OS2/c18-7-9(11-16-14-8-15-17-11)12-5-6-19-20-10-3-1-2-4-13-10/h1-4,7-9,12H,5-6H2. The summed E-state index contributed by atoms with van der Waals surface area (Å²) in [6.45, 7) is 0.645. The number of hydrogen-bond donors (Lipinski definition) is 1. The number of aldehydes is 1. The minimum absolute atomic E-state index is 0.282. The Bertz CT molecular complexity index is 515. The lowest BCUT2D eigenvalue weighted by atomic mass is 10.3. The van der Waals surface area contributed by atoms with Crippen LogP contribution >= 0.6 is 21.6 Å². The molecule has 2 aromatic rings. The molecule has 0 aliphatic heterocycles. The van der Waals surface area contributed by atoms with Crippen molar-refractivity contribution in [3.05, 3.63) is 36.5 Å². The molecular formula is C11H12N6OS2. The van der Waals surface area contributed by atoms with Crippen molar-refractivity contribution in [3.63, 3.8) is 0 Å². The molecule has 2 heterocycles. The van der Waals surface area contributed by atoms with Gasteiger partial charge in [-0.3, -0.25) is 0 Å². The van der Waals surface area contributed by atoms with Gasteiger partial charge < -0.3 is 10.1 Å². The van der Waals surface area contributed by atoms with E-state index in [0.717, 1.165) is 17.1 Å². The molecular weight excluding hydrogens is 296 g/mol. The molecule has 0 bridgehead atoms. The second kappa shape index (κ2) is 8.56. The van der Waals surface area contributed by atoms with E-state index in [4.69, 9.17) is 0 Å². The van der Waals surface area contributed by atoms with E-state index in [2.05, 4.69) is 30.7 Å². The van der Waals surface area contributed by atoms with Gasteiger partial charge in [-0.05, 0) is 22.9 Å². The maximum atomic E-state index is 11.0. The van der Waals surface area contributed by atoms with Crippen LogP contribution in [-0.2, 0) is 4.79 Å². The first-order valence-corrected chi connectivity index (χ1v) is 8.11. The van der Waals surface area contributed by atoms with E-state index in [1.165, 1.54) is 6.33 Å². The second-order valence-corrected chi connectivity index (χ2v) is 5.98. The van der Waals surface area contributed by atoms with Crippen LogP contribution in [0.15, 0.2) is 35.7 Å². The van der Waals surface area contributed by atoms with E-state index >= 15 is 0 Å². The molecule has 0 aliphatic carbocycles. The fraction of sp³-hybridized carbons (Fsp3) is 0.273. The van der Waals surface area contributed by atoms with Gasteiger partial charge in [0, 0.05) is 18.5 Å². The summed E-state index contributed by atoms with van der Waals surface area (Å²) in [5, 5.41) is 18.7. The number of nitrogens with one attached hydrogen (secondary N) is 1. The highest BCUT2D eigenvalue weighted by atomic mass is 33.1. The molecule has 104 valence electrons. The van der Waals surface area contributed by atoms with Crippen molar-refractivity contribution in [1.29, 1.82) is 0 Å². The minimum atomic E-state index is -0.573. The van der Waals surface area contributed by atoms with E-state index in [0.29, 0.717) is 6.54 Å². The third-order valence-electron chi connectivity index (χ3n) is 2.17. The summed E-state index contributed by atoms with van der Waals surface area (Å²) < 4.78 is 0. The maximum Gasteiger partial charge on any atom is 0.197 e. The fourth-order valence-electron chi connectivity index (χ4n) is 1.29. The molecule has 0 amide bonds. The van der Waals surface area contributed by atoms with Crippen LogP contribution in [0.25, 0.3) is 0 Å². The van der Waals surface area contributed by atoms with Gasteiger partial charge in [0.2, 0.25) is 0 Å². The third kappa shape index (κ3) is 4.83. The monoisotopic (exact) mass is 308 g/mol. The van der Waals surface area contributed by atoms with Gasteiger partial charge in [-0.1, -0.05) is 16.9 Å². The predicted molar refractivity (Wildman–Crippen MR) is 77.0 cm³/mol. The molecule has 2 aromatic heterocycles. The lowest BCUT2D eigenvalue weighted by molar-refractivity contribution is -0.109. The van der Waals surface area contributed by atoms with E-state index in [1.54, 1.807) is 27.8 Å². The van der Waals surface area contributed by atoms with Crippen LogP contribution in [0.3, 0.4) is 0 Å². The molecule has 1 N–H and O–H groups in total. The van der Waals surface area contributed by atoms with Gasteiger partial charge in [0.05, 0.1) is 0 Å². The summed E-state index contributed by atoms with van der Waals surface area (Å²) in [6, 6.07) is 5.21. The Hall–Kier alpha value is -1.58. The Morgan fingerprint density at radius 1 is 1.30 bits per heavy atom. The van der Waals surface area contributed by atoms with Crippen molar-refractivity contribution in [2.24, 2.45) is 0 Å². The lowest BCUT2D eigenvalue weighted by Crippen LogP contribution is -2.27. The van der Waals surface area contributed by atoms with Crippen molar-refractivity contribution in [3.8, 4) is 0 Å². The lowest BCUT2D eigenvalue weighted by Gasteiger charge is -2.09. The molecule has 2 rings (SSSR count). The first kappa shape index (κ1) is 14.8. The Morgan fingerprint density at radius 3 is 2.85 bits per heavy atom. The molecule has 0 radical (unpaired) electrons. The van der Waals surface area contributed by atoms with Crippen LogP contribution in [-0.4, -0.2) is 44.0 Å². The Balaban J connectivity index is 1.68. The number of nitrogens with zero attached hydrogens (tertiary/aromatic N) is 5. The van der Waals surface area contributed by atoms with Gasteiger partial charge in [-0.2, -0.15) is 0 Å². The quantitative estimate of drug-likeness (QED) is 0.434. The molecule has 0 saturated heterocycles. The molecule has 9 heteroatoms. The molecule has 0 saturated carbocycles. The molecule has 1 atom stereocenters. The third-order valence-corrected chi connectivity index (χ3v) is 4.44. The topological polar surface area (TPSA) is 93.6 Å². The van der Waals surface area contributed by atoms with Crippen LogP contribution < -0.4 is 5.32 Å². The van der Waals surface area contributed by atoms with E-state index < -0.39 is 6.04 Å². The van der Waals surface area contributed by atoms with Gasteiger partial charge in [0.1, 0.15) is 17.4 Å².